The van der Waals surface area contributed by atoms with Crippen LogP contribution in [0.2, 0.25) is 0 Å². The first kappa shape index (κ1) is 15.1. The number of hydrogen-bond donors (Lipinski definition) is 1. The van der Waals surface area contributed by atoms with E-state index in [2.05, 4.69) is 50.2 Å². The fourth-order valence-corrected chi connectivity index (χ4v) is 3.87. The molecule has 1 aromatic rings. The van der Waals surface area contributed by atoms with Gasteiger partial charge < -0.3 is 5.32 Å². The molecule has 2 unspecified atom stereocenters. The van der Waals surface area contributed by atoms with Crippen LogP contribution in [0.25, 0.3) is 0 Å². The van der Waals surface area contributed by atoms with E-state index in [1.165, 1.54) is 55.5 Å². The zero-order valence-electron chi connectivity index (χ0n) is 14.1. The topological polar surface area (TPSA) is 15.3 Å². The van der Waals surface area contributed by atoms with Crippen molar-refractivity contribution < 1.29 is 0 Å². The molecule has 1 heterocycles. The Morgan fingerprint density at radius 3 is 2.48 bits per heavy atom. The Hall–Kier alpha value is -0.860. The zero-order valence-corrected chi connectivity index (χ0v) is 14.1. The number of aryl methyl sites for hydroxylation is 3. The van der Waals surface area contributed by atoms with Crippen molar-refractivity contribution in [3.63, 3.8) is 0 Å². The van der Waals surface area contributed by atoms with Crippen molar-refractivity contribution in [2.45, 2.75) is 58.5 Å². The fraction of sp³-hybridized carbons (Fsp3) is 0.684. The maximum atomic E-state index is 3.77. The van der Waals surface area contributed by atoms with Gasteiger partial charge >= 0.3 is 0 Å². The van der Waals surface area contributed by atoms with Crippen LogP contribution in [0.5, 0.6) is 0 Å². The summed E-state index contributed by atoms with van der Waals surface area (Å²) >= 11 is 0. The van der Waals surface area contributed by atoms with Gasteiger partial charge in [-0.3, -0.25) is 4.90 Å². The molecule has 1 N–H and O–H groups in total. The molecule has 0 amide bonds. The third-order valence-electron chi connectivity index (χ3n) is 5.45. The van der Waals surface area contributed by atoms with Gasteiger partial charge in [0.15, 0.2) is 0 Å². The molecule has 3 rings (SSSR count). The van der Waals surface area contributed by atoms with E-state index in [0.29, 0.717) is 6.04 Å². The number of rotatable bonds is 4. The quantitative estimate of drug-likeness (QED) is 0.907. The van der Waals surface area contributed by atoms with Crippen molar-refractivity contribution in [3.05, 3.63) is 34.4 Å². The maximum absolute atomic E-state index is 3.77. The smallest absolute Gasteiger partial charge is 0.0388 e. The maximum Gasteiger partial charge on any atom is 0.0388 e. The second kappa shape index (κ2) is 6.10. The second-order valence-corrected chi connectivity index (χ2v) is 7.30. The molecule has 21 heavy (non-hydrogen) atoms. The average Bonchev–Trinajstić information content (AvgIpc) is 3.25. The molecule has 1 saturated carbocycles. The van der Waals surface area contributed by atoms with Gasteiger partial charge in [-0.15, -0.1) is 0 Å². The summed E-state index contributed by atoms with van der Waals surface area (Å²) in [6.07, 6.45) is 5.47. The molecule has 1 aliphatic heterocycles. The van der Waals surface area contributed by atoms with E-state index in [9.17, 15) is 0 Å². The Morgan fingerprint density at radius 1 is 1.05 bits per heavy atom. The standard InChI is InChI=1S/C19H30N2/c1-13-10-15(3)18(11-14(13)2)19-16(6-5-9-21(19)4)12-20-17-7-8-17/h10-11,16-17,19-20H,5-9,12H2,1-4H3. The molecule has 1 aliphatic carbocycles. The van der Waals surface area contributed by atoms with E-state index in [-0.39, 0.29) is 0 Å². The number of hydrogen-bond acceptors (Lipinski definition) is 2. The molecule has 2 atom stereocenters. The van der Waals surface area contributed by atoms with Gasteiger partial charge in [0.1, 0.15) is 0 Å². The summed E-state index contributed by atoms with van der Waals surface area (Å²) in [5.74, 6) is 0.755. The molecular formula is C19H30N2. The number of likely N-dealkylation sites (tertiary alicyclic amines) is 1. The number of nitrogens with zero attached hydrogens (tertiary/aromatic N) is 1. The van der Waals surface area contributed by atoms with Crippen LogP contribution in [-0.4, -0.2) is 31.1 Å². The minimum atomic E-state index is 0.587. The Morgan fingerprint density at radius 2 is 1.76 bits per heavy atom. The van der Waals surface area contributed by atoms with E-state index >= 15 is 0 Å². The van der Waals surface area contributed by atoms with Crippen LogP contribution < -0.4 is 5.32 Å². The van der Waals surface area contributed by atoms with E-state index in [1.807, 2.05) is 0 Å². The molecule has 1 saturated heterocycles. The summed E-state index contributed by atoms with van der Waals surface area (Å²) in [6.45, 7) is 9.18. The Balaban J connectivity index is 1.85. The normalized spacial score (nSPS) is 27.0. The highest BCUT2D eigenvalue weighted by Gasteiger charge is 2.32. The number of piperidine rings is 1. The Kier molecular flexibility index (Phi) is 4.37. The van der Waals surface area contributed by atoms with E-state index in [4.69, 9.17) is 0 Å². The van der Waals surface area contributed by atoms with Crippen molar-refractivity contribution in [2.75, 3.05) is 20.1 Å². The molecule has 1 aromatic carbocycles. The molecule has 2 fully saturated rings. The first-order valence-corrected chi connectivity index (χ1v) is 8.57. The predicted molar refractivity (Wildman–Crippen MR) is 89.8 cm³/mol. The molecule has 0 spiro atoms. The van der Waals surface area contributed by atoms with E-state index < -0.39 is 0 Å². The van der Waals surface area contributed by atoms with Gasteiger partial charge in [-0.1, -0.05) is 12.1 Å². The summed E-state index contributed by atoms with van der Waals surface area (Å²) in [5.41, 5.74) is 5.88. The van der Waals surface area contributed by atoms with Crippen LogP contribution in [0.1, 0.15) is 54.0 Å². The molecule has 0 bridgehead atoms. The Bertz CT molecular complexity index is 505. The number of benzene rings is 1. The highest BCUT2D eigenvalue weighted by Crippen LogP contribution is 2.37. The van der Waals surface area contributed by atoms with Crippen molar-refractivity contribution in [3.8, 4) is 0 Å². The lowest BCUT2D eigenvalue weighted by Crippen LogP contribution is -2.41. The van der Waals surface area contributed by atoms with Crippen LogP contribution in [0.15, 0.2) is 12.1 Å². The predicted octanol–water partition coefficient (Wildman–Crippen LogP) is 3.75. The lowest BCUT2D eigenvalue weighted by molar-refractivity contribution is 0.118. The minimum Gasteiger partial charge on any atom is -0.314 e. The molecule has 0 aromatic heterocycles. The Labute approximate surface area is 129 Å². The number of nitrogens with one attached hydrogen (secondary N) is 1. The van der Waals surface area contributed by atoms with Crippen molar-refractivity contribution in [1.82, 2.24) is 10.2 Å². The zero-order chi connectivity index (χ0) is 15.0. The molecule has 116 valence electrons. The van der Waals surface area contributed by atoms with Gasteiger partial charge in [0.2, 0.25) is 0 Å². The van der Waals surface area contributed by atoms with Gasteiger partial charge in [0.25, 0.3) is 0 Å². The minimum absolute atomic E-state index is 0.587. The molecule has 0 radical (unpaired) electrons. The molecule has 2 heteroatoms. The summed E-state index contributed by atoms with van der Waals surface area (Å²) in [7, 11) is 2.31. The van der Waals surface area contributed by atoms with E-state index in [1.54, 1.807) is 5.56 Å². The third-order valence-corrected chi connectivity index (χ3v) is 5.45. The summed E-state index contributed by atoms with van der Waals surface area (Å²) in [5, 5.41) is 3.77. The van der Waals surface area contributed by atoms with Gasteiger partial charge in [-0.05, 0) is 88.2 Å². The summed E-state index contributed by atoms with van der Waals surface area (Å²) < 4.78 is 0. The summed E-state index contributed by atoms with van der Waals surface area (Å²) in [4.78, 5) is 2.58. The van der Waals surface area contributed by atoms with Gasteiger partial charge in [0, 0.05) is 18.6 Å². The first-order valence-electron chi connectivity index (χ1n) is 8.57. The van der Waals surface area contributed by atoms with Gasteiger partial charge in [-0.25, -0.2) is 0 Å². The lowest BCUT2D eigenvalue weighted by atomic mass is 9.82. The largest absolute Gasteiger partial charge is 0.314 e. The SMILES string of the molecule is Cc1cc(C)c(C2C(CNC3CC3)CCCN2C)cc1C. The highest BCUT2D eigenvalue weighted by molar-refractivity contribution is 5.38. The lowest BCUT2D eigenvalue weighted by Gasteiger charge is -2.40. The fourth-order valence-electron chi connectivity index (χ4n) is 3.87. The van der Waals surface area contributed by atoms with Gasteiger partial charge in [0.05, 0.1) is 0 Å². The molecular weight excluding hydrogens is 256 g/mol. The van der Waals surface area contributed by atoms with Crippen molar-refractivity contribution in [1.29, 1.82) is 0 Å². The van der Waals surface area contributed by atoms with Gasteiger partial charge in [-0.2, -0.15) is 0 Å². The van der Waals surface area contributed by atoms with Crippen LogP contribution in [0.3, 0.4) is 0 Å². The average molecular weight is 286 g/mol. The van der Waals surface area contributed by atoms with Crippen molar-refractivity contribution in [2.24, 2.45) is 5.92 Å². The molecule has 2 nitrogen and oxygen atoms in total. The highest BCUT2D eigenvalue weighted by atomic mass is 15.1. The first-order chi connectivity index (χ1) is 10.1. The van der Waals surface area contributed by atoms with Crippen LogP contribution in [0.4, 0.5) is 0 Å². The van der Waals surface area contributed by atoms with Crippen molar-refractivity contribution >= 4 is 0 Å². The third kappa shape index (κ3) is 3.32. The summed E-state index contributed by atoms with van der Waals surface area (Å²) in [6, 6.07) is 6.22. The van der Waals surface area contributed by atoms with Crippen LogP contribution in [0, 0.1) is 26.7 Å². The van der Waals surface area contributed by atoms with Crippen LogP contribution >= 0.6 is 0 Å². The monoisotopic (exact) mass is 286 g/mol. The second-order valence-electron chi connectivity index (χ2n) is 7.30. The van der Waals surface area contributed by atoms with Crippen LogP contribution in [-0.2, 0) is 0 Å². The molecule has 2 aliphatic rings. The van der Waals surface area contributed by atoms with E-state index in [0.717, 1.165) is 12.0 Å².